The van der Waals surface area contributed by atoms with E-state index in [0.29, 0.717) is 11.1 Å². The maximum atomic E-state index is 14.8. The van der Waals surface area contributed by atoms with Crippen LogP contribution in [-0.4, -0.2) is 114 Å². The molecule has 18 nitrogen and oxygen atoms in total. The zero-order valence-corrected chi connectivity index (χ0v) is 36.9. The van der Waals surface area contributed by atoms with E-state index in [-0.39, 0.29) is 23.9 Å². The Kier molecular flexibility index (Phi) is 12.5. The highest BCUT2D eigenvalue weighted by Crippen LogP contribution is 2.51. The Bertz CT molecular complexity index is 2170. The van der Waals surface area contributed by atoms with Crippen molar-refractivity contribution in [2.75, 3.05) is 18.4 Å². The van der Waals surface area contributed by atoms with Crippen LogP contribution in [0.3, 0.4) is 0 Å². The molecule has 0 radical (unpaired) electrons. The van der Waals surface area contributed by atoms with E-state index in [1.807, 2.05) is 60.7 Å². The quantitative estimate of drug-likeness (QED) is 0.0425. The van der Waals surface area contributed by atoms with Crippen molar-refractivity contribution < 1.29 is 47.8 Å². The Morgan fingerprint density at radius 2 is 1.51 bits per heavy atom. The van der Waals surface area contributed by atoms with Crippen LogP contribution in [0.5, 0.6) is 0 Å². The van der Waals surface area contributed by atoms with E-state index in [1.54, 1.807) is 48.5 Å². The fourth-order valence-corrected chi connectivity index (χ4v) is 8.83. The minimum atomic E-state index is -1.77. The van der Waals surface area contributed by atoms with Crippen molar-refractivity contribution in [3.05, 3.63) is 82.9 Å². The molecule has 61 heavy (non-hydrogen) atoms. The van der Waals surface area contributed by atoms with E-state index in [2.05, 4.69) is 20.8 Å². The van der Waals surface area contributed by atoms with Gasteiger partial charge in [-0.25, -0.2) is 30.0 Å². The van der Waals surface area contributed by atoms with E-state index in [9.17, 15) is 28.8 Å². The van der Waals surface area contributed by atoms with Gasteiger partial charge in [0.2, 0.25) is 16.4 Å². The van der Waals surface area contributed by atoms with Gasteiger partial charge in [-0.15, -0.1) is 11.3 Å². The number of rotatable bonds is 12. The lowest BCUT2D eigenvalue weighted by Crippen LogP contribution is -2.68. The number of thiazole rings is 1. The summed E-state index contributed by atoms with van der Waals surface area (Å²) >= 11 is 1.95. The zero-order valence-electron chi connectivity index (χ0n) is 35.3. The first kappa shape index (κ1) is 44.8. The van der Waals surface area contributed by atoms with E-state index >= 15 is 0 Å². The molecule has 0 aliphatic carbocycles. The maximum Gasteiger partial charge on any atom is 0.413 e. The highest BCUT2D eigenvalue weighted by Gasteiger charge is 2.67. The molecule has 3 aliphatic heterocycles. The topological polar surface area (TPSA) is 224 Å². The van der Waals surface area contributed by atoms with E-state index in [1.165, 1.54) is 29.0 Å². The van der Waals surface area contributed by atoms with Crippen molar-refractivity contribution in [2.24, 2.45) is 11.0 Å². The number of aromatic nitrogens is 1. The molecule has 0 unspecified atom stereocenters. The minimum absolute atomic E-state index is 0.0512. The summed E-state index contributed by atoms with van der Waals surface area (Å²) in [5, 5.41) is 10.9. The van der Waals surface area contributed by atoms with Gasteiger partial charge in [0.25, 0.3) is 5.91 Å². The van der Waals surface area contributed by atoms with Crippen LogP contribution in [0.4, 0.5) is 14.7 Å². The number of carbonyl (C=O) groups excluding carboxylic acids is 6. The van der Waals surface area contributed by atoms with Crippen LogP contribution in [0.25, 0.3) is 0 Å². The lowest BCUT2D eigenvalue weighted by molar-refractivity contribution is -0.179. The number of β-lactam (4-membered cyclic amide) rings is 1. The molecule has 0 spiro atoms. The van der Waals surface area contributed by atoms with Gasteiger partial charge in [0.05, 0.1) is 12.6 Å². The monoisotopic (exact) mass is 878 g/mol. The number of hydrogen-bond acceptors (Lipinski definition) is 15. The normalized spacial score (nSPS) is 21.8. The molecule has 4 atom stereocenters. The van der Waals surface area contributed by atoms with Crippen LogP contribution in [0.15, 0.2) is 71.2 Å². The first-order valence-corrected chi connectivity index (χ1v) is 21.2. The molecule has 5 amide bonds. The largest absolute Gasteiger partial charge is 0.457 e. The van der Waals surface area contributed by atoms with Gasteiger partial charge in [0, 0.05) is 11.9 Å². The van der Waals surface area contributed by atoms with Crippen molar-refractivity contribution in [3.63, 3.8) is 0 Å². The number of anilines is 1. The molecule has 6 rings (SSSR count). The Morgan fingerprint density at radius 1 is 0.918 bits per heavy atom. The Morgan fingerprint density at radius 3 is 2.05 bits per heavy atom. The molecule has 3 saturated heterocycles. The molecule has 3 fully saturated rings. The highest BCUT2D eigenvalue weighted by atomic mass is 32.2. The van der Waals surface area contributed by atoms with Gasteiger partial charge in [-0.05, 0) is 73.4 Å². The molecule has 326 valence electrons. The number of ether oxygens (including phenoxy) is 3. The second-order valence-corrected chi connectivity index (χ2v) is 19.4. The van der Waals surface area contributed by atoms with Crippen LogP contribution in [0, 0.1) is 0 Å². The summed E-state index contributed by atoms with van der Waals surface area (Å²) in [7, 11) is 0. The second kappa shape index (κ2) is 17.0. The van der Waals surface area contributed by atoms with Crippen molar-refractivity contribution in [1.29, 1.82) is 0 Å². The first-order valence-electron chi connectivity index (χ1n) is 19.4. The molecule has 3 aliphatic rings. The van der Waals surface area contributed by atoms with Crippen molar-refractivity contribution in [1.82, 2.24) is 25.1 Å². The number of esters is 2. The average Bonchev–Trinajstić information content (AvgIpc) is 3.87. The SMILES string of the molecule is C[C@H]1CN([C@]2(C(=O)OC(c3ccccc3)c3ccccc3)CN3C(=O)[C@@H](NC(=O)/C(=N\OC(C)(C)C(=O)OC(C)(C)C)c4csc(NC(=O)OC(C)(C)C)n4)[C@H]3S2)C(=O)N1N. The van der Waals surface area contributed by atoms with E-state index in [0.717, 1.165) is 28.1 Å². The number of urea groups is 1. The number of nitrogens with two attached hydrogens (primary N) is 1. The fraction of sp³-hybridized carbons (Fsp3) is 0.463. The van der Waals surface area contributed by atoms with Crippen LogP contribution < -0.4 is 16.5 Å². The van der Waals surface area contributed by atoms with Crippen molar-refractivity contribution >= 4 is 69.8 Å². The second-order valence-electron chi connectivity index (χ2n) is 17.2. The first-order chi connectivity index (χ1) is 28.5. The van der Waals surface area contributed by atoms with Crippen molar-refractivity contribution in [3.8, 4) is 0 Å². The predicted molar refractivity (Wildman–Crippen MR) is 226 cm³/mol. The number of benzene rings is 2. The number of hydrazine groups is 1. The summed E-state index contributed by atoms with van der Waals surface area (Å²) in [6.45, 7) is 14.5. The Balaban J connectivity index is 1.29. The van der Waals surface area contributed by atoms with Gasteiger partial charge in [-0.3, -0.25) is 24.8 Å². The van der Waals surface area contributed by atoms with Gasteiger partial charge >= 0.3 is 24.1 Å². The van der Waals surface area contributed by atoms with Crippen LogP contribution in [0.2, 0.25) is 0 Å². The number of hydrogen-bond donors (Lipinski definition) is 3. The van der Waals surface area contributed by atoms with Crippen LogP contribution in [-0.2, 0) is 38.2 Å². The molecule has 4 heterocycles. The summed E-state index contributed by atoms with van der Waals surface area (Å²) in [4.78, 5) is 93.0. The number of amides is 5. The predicted octanol–water partition coefficient (Wildman–Crippen LogP) is 4.76. The standard InChI is InChI=1S/C41H50N8O10S2/c1-23-20-48(37(55)49(23)42)41(34(53)56-29(24-16-12-10-13-17-24)25-18-14-11-15-19-25)22-47-31(51)28(32(47)61-41)44-30(50)27(46-59-40(8,9)33(52)57-38(2,3)4)26-21-60-35(43-26)45-36(54)58-39(5,6)7/h10-19,21,23,28-29,32H,20,22,42H2,1-9H3,(H,44,50)(H,43,45,54)/b46-27-/t23-,28+,32+,41+/m0/s1. The van der Waals surface area contributed by atoms with Gasteiger partial charge < -0.3 is 29.3 Å². The van der Waals surface area contributed by atoms with Crippen LogP contribution >= 0.6 is 23.1 Å². The third kappa shape index (κ3) is 9.76. The summed E-state index contributed by atoms with van der Waals surface area (Å²) in [6, 6.07) is 15.9. The molecule has 1 aromatic heterocycles. The van der Waals surface area contributed by atoms with Gasteiger partial charge in [0.1, 0.15) is 28.3 Å². The summed E-state index contributed by atoms with van der Waals surface area (Å²) in [5.74, 6) is 3.10. The molecule has 0 bridgehead atoms. The smallest absolute Gasteiger partial charge is 0.413 e. The van der Waals surface area contributed by atoms with Gasteiger partial charge in [0.15, 0.2) is 16.9 Å². The maximum absolute atomic E-state index is 14.8. The molecule has 20 heteroatoms. The summed E-state index contributed by atoms with van der Waals surface area (Å²) < 4.78 is 17.1. The Labute approximate surface area is 361 Å². The highest BCUT2D eigenvalue weighted by molar-refractivity contribution is 8.02. The molecular formula is C41H50N8O10S2. The number of nitrogens with zero attached hydrogens (tertiary/aromatic N) is 5. The molecule has 2 aromatic carbocycles. The Hall–Kier alpha value is -5.73. The summed E-state index contributed by atoms with van der Waals surface area (Å²) in [5.41, 5.74) is -2.50. The lowest BCUT2D eigenvalue weighted by Gasteiger charge is -2.41. The molecule has 4 N–H and O–H groups in total. The fourth-order valence-electron chi connectivity index (χ4n) is 6.48. The van der Waals surface area contributed by atoms with Gasteiger partial charge in [-0.1, -0.05) is 77.6 Å². The molecule has 3 aromatic rings. The molecular weight excluding hydrogens is 829 g/mol. The number of fused-ring (bicyclic) bond motifs is 1. The van der Waals surface area contributed by atoms with E-state index < -0.39 is 86.8 Å². The number of thioether (sulfide) groups is 1. The third-order valence-electron chi connectivity index (χ3n) is 9.51. The van der Waals surface area contributed by atoms with Gasteiger partial charge in [-0.2, -0.15) is 0 Å². The molecule has 0 saturated carbocycles. The van der Waals surface area contributed by atoms with Crippen LogP contribution in [0.1, 0.15) is 85.2 Å². The van der Waals surface area contributed by atoms with Crippen molar-refractivity contribution in [2.45, 2.75) is 108 Å². The summed E-state index contributed by atoms with van der Waals surface area (Å²) in [6.07, 6.45) is -1.66. The minimum Gasteiger partial charge on any atom is -0.457 e. The van der Waals surface area contributed by atoms with E-state index in [4.69, 9.17) is 24.9 Å². The number of nitrogens with one attached hydrogen (secondary N) is 2. The average molecular weight is 879 g/mol. The lowest BCUT2D eigenvalue weighted by atomic mass is 10.0. The number of oxime groups is 1. The zero-order chi connectivity index (χ0) is 44.7. The number of carbonyl (C=O) groups is 6. The third-order valence-corrected chi connectivity index (χ3v) is 11.9.